The standard InChI is InChI=1S/C22H19Cl2FN2O5/c1-12(6-7-26-21(29)11-31-14-3-4-16(24)17(25)9-14)27-22(30)20-10-18(28)15-8-13(23)2-5-19(15)32-20/h2-5,8-9,20H,1,6-7,10-11H2,(H,26,29)(H,27,30)/t20-/m1/s1. The maximum atomic E-state index is 13.4. The summed E-state index contributed by atoms with van der Waals surface area (Å²) in [7, 11) is 0. The van der Waals surface area contributed by atoms with Crippen molar-refractivity contribution in [2.24, 2.45) is 0 Å². The van der Waals surface area contributed by atoms with Crippen LogP contribution in [0.15, 0.2) is 48.7 Å². The summed E-state index contributed by atoms with van der Waals surface area (Å²) < 4.78 is 24.1. The zero-order valence-corrected chi connectivity index (χ0v) is 18.3. The fourth-order valence-electron chi connectivity index (χ4n) is 2.88. The van der Waals surface area contributed by atoms with Gasteiger partial charge in [0.1, 0.15) is 17.3 Å². The molecule has 1 aliphatic rings. The van der Waals surface area contributed by atoms with E-state index in [4.69, 9.17) is 32.7 Å². The Morgan fingerprint density at radius 3 is 2.75 bits per heavy atom. The minimum absolute atomic E-state index is 0.0426. The number of rotatable bonds is 8. The third-order valence-corrected chi connectivity index (χ3v) is 5.03. The van der Waals surface area contributed by atoms with Crippen LogP contribution in [0.4, 0.5) is 4.39 Å². The van der Waals surface area contributed by atoms with Crippen LogP contribution in [0.3, 0.4) is 0 Å². The highest BCUT2D eigenvalue weighted by atomic mass is 35.5. The molecule has 2 amide bonds. The van der Waals surface area contributed by atoms with Gasteiger partial charge in [0.05, 0.1) is 17.0 Å². The lowest BCUT2D eigenvalue weighted by molar-refractivity contribution is -0.127. The predicted octanol–water partition coefficient (Wildman–Crippen LogP) is 3.68. The lowest BCUT2D eigenvalue weighted by Gasteiger charge is -2.24. The zero-order chi connectivity index (χ0) is 23.3. The second-order valence-corrected chi connectivity index (χ2v) is 7.78. The van der Waals surface area contributed by atoms with Gasteiger partial charge >= 0.3 is 0 Å². The van der Waals surface area contributed by atoms with Crippen LogP contribution in [-0.4, -0.2) is 36.9 Å². The van der Waals surface area contributed by atoms with Crippen LogP contribution in [0.5, 0.6) is 11.5 Å². The number of carbonyl (C=O) groups excluding carboxylic acids is 3. The van der Waals surface area contributed by atoms with Gasteiger partial charge < -0.3 is 20.1 Å². The number of carbonyl (C=O) groups is 3. The normalized spacial score (nSPS) is 14.7. The first-order chi connectivity index (χ1) is 15.2. The van der Waals surface area contributed by atoms with Crippen LogP contribution in [0.1, 0.15) is 23.2 Å². The molecular formula is C22H19Cl2FN2O5. The number of hydrogen-bond acceptors (Lipinski definition) is 5. The third-order valence-electron chi connectivity index (χ3n) is 4.48. The van der Waals surface area contributed by atoms with Crippen molar-refractivity contribution in [3.05, 3.63) is 70.1 Å². The number of ketones is 1. The molecule has 0 fully saturated rings. The van der Waals surface area contributed by atoms with Crippen LogP contribution in [0.25, 0.3) is 0 Å². The molecule has 3 rings (SSSR count). The summed E-state index contributed by atoms with van der Waals surface area (Å²) in [5.74, 6) is -1.37. The van der Waals surface area contributed by atoms with Crippen LogP contribution >= 0.6 is 23.2 Å². The molecule has 1 atom stereocenters. The van der Waals surface area contributed by atoms with Gasteiger partial charge in [-0.2, -0.15) is 0 Å². The molecule has 0 saturated heterocycles. The summed E-state index contributed by atoms with van der Waals surface area (Å²) in [4.78, 5) is 36.5. The second-order valence-electron chi connectivity index (χ2n) is 6.93. The van der Waals surface area contributed by atoms with E-state index in [2.05, 4.69) is 17.2 Å². The topological polar surface area (TPSA) is 93.7 Å². The first kappa shape index (κ1) is 23.6. The van der Waals surface area contributed by atoms with Crippen molar-refractivity contribution in [3.8, 4) is 11.5 Å². The predicted molar refractivity (Wildman–Crippen MR) is 117 cm³/mol. The summed E-state index contributed by atoms with van der Waals surface area (Å²) in [6.07, 6.45) is -0.859. The number of fused-ring (bicyclic) bond motifs is 1. The molecule has 10 heteroatoms. The third kappa shape index (κ3) is 6.21. The molecule has 0 aliphatic carbocycles. The highest BCUT2D eigenvalue weighted by Gasteiger charge is 2.31. The van der Waals surface area contributed by atoms with Crippen molar-refractivity contribution in [2.45, 2.75) is 18.9 Å². The van der Waals surface area contributed by atoms with Gasteiger partial charge in [0, 0.05) is 29.8 Å². The quantitative estimate of drug-likeness (QED) is 0.600. The summed E-state index contributed by atoms with van der Waals surface area (Å²) in [5.41, 5.74) is 0.681. The molecule has 2 aromatic rings. The second kappa shape index (κ2) is 10.5. The molecule has 0 aromatic heterocycles. The molecule has 0 radical (unpaired) electrons. The van der Waals surface area contributed by atoms with Crippen molar-refractivity contribution >= 4 is 40.8 Å². The number of ether oxygens (including phenoxy) is 2. The smallest absolute Gasteiger partial charge is 0.265 e. The Morgan fingerprint density at radius 1 is 1.22 bits per heavy atom. The van der Waals surface area contributed by atoms with E-state index in [9.17, 15) is 18.8 Å². The average molecular weight is 481 g/mol. The Morgan fingerprint density at radius 2 is 2.00 bits per heavy atom. The molecule has 7 nitrogen and oxygen atoms in total. The van der Waals surface area contributed by atoms with Gasteiger partial charge in [0.2, 0.25) is 0 Å². The van der Waals surface area contributed by atoms with Crippen LogP contribution in [0.2, 0.25) is 10.0 Å². The van der Waals surface area contributed by atoms with Gasteiger partial charge in [-0.1, -0.05) is 29.8 Å². The lowest BCUT2D eigenvalue weighted by Crippen LogP contribution is -2.42. The number of Topliss-reactive ketones (excluding diaryl/α,β-unsaturated/α-hetero) is 1. The van der Waals surface area contributed by atoms with Gasteiger partial charge in [-0.25, -0.2) is 4.39 Å². The first-order valence-electron chi connectivity index (χ1n) is 9.55. The van der Waals surface area contributed by atoms with E-state index in [-0.39, 0.29) is 42.5 Å². The zero-order valence-electron chi connectivity index (χ0n) is 16.8. The van der Waals surface area contributed by atoms with Gasteiger partial charge in [-0.05, 0) is 30.3 Å². The Bertz CT molecular complexity index is 1080. The minimum Gasteiger partial charge on any atom is -0.484 e. The molecule has 0 spiro atoms. The number of nitrogens with one attached hydrogen (secondary N) is 2. The minimum atomic E-state index is -0.990. The highest BCUT2D eigenvalue weighted by Crippen LogP contribution is 2.30. The first-order valence-corrected chi connectivity index (χ1v) is 10.3. The molecule has 0 bridgehead atoms. The summed E-state index contributed by atoms with van der Waals surface area (Å²) >= 11 is 11.5. The molecule has 1 aliphatic heterocycles. The molecular weight excluding hydrogens is 462 g/mol. The number of benzene rings is 2. The SMILES string of the molecule is C=C(CCNC(=O)COc1ccc(Cl)c(F)c1)NC(=O)[C@H]1CC(=O)c2cc(Cl)ccc2O1. The van der Waals surface area contributed by atoms with E-state index >= 15 is 0 Å². The molecule has 2 N–H and O–H groups in total. The van der Waals surface area contributed by atoms with E-state index in [1.54, 1.807) is 12.1 Å². The Kier molecular flexibility index (Phi) is 7.71. The fraction of sp³-hybridized carbons (Fsp3) is 0.227. The maximum absolute atomic E-state index is 13.4. The lowest BCUT2D eigenvalue weighted by atomic mass is 10.0. The molecule has 1 heterocycles. The Labute approximate surface area is 193 Å². The number of amides is 2. The van der Waals surface area contributed by atoms with Gasteiger partial charge in [-0.15, -0.1) is 0 Å². The van der Waals surface area contributed by atoms with Gasteiger partial charge in [-0.3, -0.25) is 14.4 Å². The van der Waals surface area contributed by atoms with E-state index in [1.165, 1.54) is 18.2 Å². The molecule has 168 valence electrons. The number of hydrogen-bond donors (Lipinski definition) is 2. The van der Waals surface area contributed by atoms with E-state index in [0.29, 0.717) is 22.0 Å². The van der Waals surface area contributed by atoms with Crippen molar-refractivity contribution in [1.29, 1.82) is 0 Å². The van der Waals surface area contributed by atoms with Crippen molar-refractivity contribution < 1.29 is 28.2 Å². The van der Waals surface area contributed by atoms with Crippen molar-refractivity contribution in [1.82, 2.24) is 10.6 Å². The van der Waals surface area contributed by atoms with Crippen molar-refractivity contribution in [2.75, 3.05) is 13.2 Å². The molecule has 2 aromatic carbocycles. The van der Waals surface area contributed by atoms with E-state index in [0.717, 1.165) is 6.07 Å². The monoisotopic (exact) mass is 480 g/mol. The van der Waals surface area contributed by atoms with Gasteiger partial charge in [0.15, 0.2) is 18.5 Å². The van der Waals surface area contributed by atoms with Crippen molar-refractivity contribution in [3.63, 3.8) is 0 Å². The summed E-state index contributed by atoms with van der Waals surface area (Å²) in [6, 6.07) is 8.47. The Hall–Kier alpha value is -3.10. The summed E-state index contributed by atoms with van der Waals surface area (Å²) in [5, 5.41) is 5.54. The fourth-order valence-corrected chi connectivity index (χ4v) is 3.17. The van der Waals surface area contributed by atoms with Crippen LogP contribution in [0, 0.1) is 5.82 Å². The maximum Gasteiger partial charge on any atom is 0.265 e. The molecule has 0 unspecified atom stereocenters. The van der Waals surface area contributed by atoms with Crippen LogP contribution in [-0.2, 0) is 9.59 Å². The number of halogens is 3. The summed E-state index contributed by atoms with van der Waals surface area (Å²) in [6.45, 7) is 3.61. The van der Waals surface area contributed by atoms with E-state index < -0.39 is 23.7 Å². The average Bonchev–Trinajstić information content (AvgIpc) is 2.75. The largest absolute Gasteiger partial charge is 0.484 e. The highest BCUT2D eigenvalue weighted by molar-refractivity contribution is 6.31. The van der Waals surface area contributed by atoms with Crippen LogP contribution < -0.4 is 20.1 Å². The molecule has 32 heavy (non-hydrogen) atoms. The Balaban J connectivity index is 1.39. The van der Waals surface area contributed by atoms with Gasteiger partial charge in [0.25, 0.3) is 11.8 Å². The molecule has 0 saturated carbocycles. The van der Waals surface area contributed by atoms with E-state index in [1.807, 2.05) is 0 Å².